The van der Waals surface area contributed by atoms with E-state index in [0.717, 1.165) is 17.0 Å². The number of allylic oxidation sites excluding steroid dienone is 4. The van der Waals surface area contributed by atoms with E-state index < -0.39 is 5.60 Å². The van der Waals surface area contributed by atoms with Gasteiger partial charge in [0.1, 0.15) is 5.60 Å². The Morgan fingerprint density at radius 3 is 2.69 bits per heavy atom. The lowest BCUT2D eigenvalue weighted by Crippen LogP contribution is -2.33. The number of hydrogen-bond acceptors (Lipinski definition) is 5. The normalized spacial score (nSPS) is 14.5. The van der Waals surface area contributed by atoms with Crippen LogP contribution in [0.15, 0.2) is 37.1 Å². The van der Waals surface area contributed by atoms with Crippen LogP contribution in [0, 0.1) is 0 Å². The molecule has 2 rings (SSSR count). The monoisotopic (exact) mass is 359 g/mol. The summed E-state index contributed by atoms with van der Waals surface area (Å²) in [5, 5.41) is 4.40. The molecule has 1 aliphatic rings. The van der Waals surface area contributed by atoms with Gasteiger partial charge < -0.3 is 9.47 Å². The second kappa shape index (κ2) is 8.03. The lowest BCUT2D eigenvalue weighted by atomic mass is 10.2. The fourth-order valence-electron chi connectivity index (χ4n) is 2.51. The fraction of sp³-hybridized carbons (Fsp3) is 0.421. The van der Waals surface area contributed by atoms with Gasteiger partial charge in [0.25, 0.3) is 0 Å². The van der Waals surface area contributed by atoms with E-state index in [2.05, 4.69) is 16.4 Å². The Hall–Kier alpha value is -2.83. The van der Waals surface area contributed by atoms with Crippen LogP contribution in [0.5, 0.6) is 0 Å². The Balaban J connectivity index is 2.16. The second-order valence-electron chi connectivity index (χ2n) is 6.87. The molecule has 1 aliphatic heterocycles. The van der Waals surface area contributed by atoms with Crippen molar-refractivity contribution in [2.24, 2.45) is 0 Å². The average Bonchev–Trinajstić information content (AvgIpc) is 3.12. The number of carbonyl (C=O) groups is 2. The molecule has 7 nitrogen and oxygen atoms in total. The van der Waals surface area contributed by atoms with Crippen LogP contribution < -0.4 is 0 Å². The summed E-state index contributed by atoms with van der Waals surface area (Å²) in [6.07, 6.45) is 8.47. The minimum atomic E-state index is -0.539. The van der Waals surface area contributed by atoms with Crippen LogP contribution >= 0.6 is 0 Å². The van der Waals surface area contributed by atoms with Gasteiger partial charge in [-0.2, -0.15) is 5.10 Å². The molecule has 1 aromatic rings. The van der Waals surface area contributed by atoms with Crippen molar-refractivity contribution in [2.45, 2.75) is 45.9 Å². The highest BCUT2D eigenvalue weighted by Crippen LogP contribution is 2.26. The van der Waals surface area contributed by atoms with E-state index in [0.29, 0.717) is 13.1 Å². The van der Waals surface area contributed by atoms with Crippen molar-refractivity contribution in [3.8, 4) is 0 Å². The van der Waals surface area contributed by atoms with Gasteiger partial charge >= 0.3 is 12.1 Å². The zero-order valence-corrected chi connectivity index (χ0v) is 15.7. The first-order valence-corrected chi connectivity index (χ1v) is 8.35. The number of rotatable bonds is 5. The van der Waals surface area contributed by atoms with Crippen molar-refractivity contribution in [1.29, 1.82) is 0 Å². The van der Waals surface area contributed by atoms with Crippen LogP contribution in [0.3, 0.4) is 0 Å². The van der Waals surface area contributed by atoms with E-state index in [1.54, 1.807) is 40.1 Å². The van der Waals surface area contributed by atoms with Crippen molar-refractivity contribution >= 4 is 17.8 Å². The molecule has 2 heterocycles. The van der Waals surface area contributed by atoms with Crippen molar-refractivity contribution in [1.82, 2.24) is 14.7 Å². The summed E-state index contributed by atoms with van der Waals surface area (Å²) in [5.74, 6) is -0.319. The quantitative estimate of drug-likeness (QED) is 0.596. The number of hydrogen-bond donors (Lipinski definition) is 0. The molecule has 7 heteroatoms. The number of fused-ring (bicyclic) bond motifs is 1. The van der Waals surface area contributed by atoms with E-state index in [1.807, 2.05) is 20.8 Å². The van der Waals surface area contributed by atoms with Crippen molar-refractivity contribution in [3.63, 3.8) is 0 Å². The third-order valence-electron chi connectivity index (χ3n) is 3.64. The van der Waals surface area contributed by atoms with Crippen LogP contribution in [0.4, 0.5) is 4.79 Å². The number of aromatic nitrogens is 2. The molecule has 0 aliphatic carbocycles. The first-order valence-electron chi connectivity index (χ1n) is 8.35. The lowest BCUT2D eigenvalue weighted by Gasteiger charge is -2.24. The average molecular weight is 359 g/mol. The first kappa shape index (κ1) is 19.5. The maximum absolute atomic E-state index is 12.3. The molecular formula is C19H25N3O4. The predicted octanol–water partition coefficient (Wildman–Crippen LogP) is 3.28. The smallest absolute Gasteiger partial charge is 0.410 e. The molecule has 0 saturated heterocycles. The van der Waals surface area contributed by atoms with Gasteiger partial charge in [0.2, 0.25) is 0 Å². The zero-order valence-electron chi connectivity index (χ0n) is 15.7. The van der Waals surface area contributed by atoms with E-state index >= 15 is 0 Å². The minimum absolute atomic E-state index is 0.165. The molecule has 26 heavy (non-hydrogen) atoms. The summed E-state index contributed by atoms with van der Waals surface area (Å²) < 4.78 is 11.8. The van der Waals surface area contributed by atoms with Gasteiger partial charge in [-0.3, -0.25) is 9.69 Å². The molecule has 0 fully saturated rings. The van der Waals surface area contributed by atoms with Gasteiger partial charge in [-0.05, 0) is 32.9 Å². The highest BCUT2D eigenvalue weighted by molar-refractivity contribution is 5.72. The van der Waals surface area contributed by atoms with Crippen LogP contribution in [-0.2, 0) is 27.4 Å². The van der Waals surface area contributed by atoms with E-state index in [9.17, 15) is 9.59 Å². The topological polar surface area (TPSA) is 73.7 Å². The Labute approximate surface area is 153 Å². The number of esters is 1. The van der Waals surface area contributed by atoms with E-state index in [1.165, 1.54) is 7.11 Å². The lowest BCUT2D eigenvalue weighted by molar-refractivity contribution is -0.139. The van der Waals surface area contributed by atoms with E-state index in [-0.39, 0.29) is 18.5 Å². The Morgan fingerprint density at radius 1 is 1.35 bits per heavy atom. The largest absolute Gasteiger partial charge is 0.469 e. The zero-order chi connectivity index (χ0) is 19.3. The van der Waals surface area contributed by atoms with Gasteiger partial charge in [0.05, 0.1) is 44.2 Å². The number of methoxy groups -OCH3 is 1. The molecular weight excluding hydrogens is 334 g/mol. The molecule has 0 atom stereocenters. The summed E-state index contributed by atoms with van der Waals surface area (Å²) in [7, 11) is 1.35. The molecule has 1 amide bonds. The van der Waals surface area contributed by atoms with Gasteiger partial charge in [-0.15, -0.1) is 0 Å². The van der Waals surface area contributed by atoms with Crippen LogP contribution in [0.2, 0.25) is 0 Å². The van der Waals surface area contributed by atoms with Crippen molar-refractivity contribution in [2.75, 3.05) is 7.11 Å². The number of carbonyl (C=O) groups excluding carboxylic acids is 2. The molecule has 0 aromatic carbocycles. The molecule has 0 unspecified atom stereocenters. The number of amides is 1. The molecule has 0 radical (unpaired) electrons. The molecule has 0 N–H and O–H groups in total. The molecule has 0 bridgehead atoms. The third-order valence-corrected chi connectivity index (χ3v) is 3.64. The minimum Gasteiger partial charge on any atom is -0.469 e. The van der Waals surface area contributed by atoms with Gasteiger partial charge in [-0.25, -0.2) is 9.48 Å². The third kappa shape index (κ3) is 4.84. The van der Waals surface area contributed by atoms with Gasteiger partial charge in [-0.1, -0.05) is 18.7 Å². The maximum Gasteiger partial charge on any atom is 0.410 e. The molecule has 0 saturated carbocycles. The van der Waals surface area contributed by atoms with Gasteiger partial charge in [0, 0.05) is 5.56 Å². The highest BCUT2D eigenvalue weighted by atomic mass is 16.6. The molecule has 1 aromatic heterocycles. The second-order valence-corrected chi connectivity index (χ2v) is 6.87. The van der Waals surface area contributed by atoms with Crippen LogP contribution in [0.25, 0.3) is 5.70 Å². The fourth-order valence-corrected chi connectivity index (χ4v) is 2.51. The molecule has 0 spiro atoms. The summed E-state index contributed by atoms with van der Waals surface area (Å²) >= 11 is 0. The van der Waals surface area contributed by atoms with E-state index in [4.69, 9.17) is 4.74 Å². The Bertz CT molecular complexity index is 753. The predicted molar refractivity (Wildman–Crippen MR) is 98.0 cm³/mol. The highest BCUT2D eigenvalue weighted by Gasteiger charge is 2.30. The van der Waals surface area contributed by atoms with Gasteiger partial charge in [0.15, 0.2) is 0 Å². The SMILES string of the molecule is C=C/C=C(\C=C/CC(=O)OC)n1ncc2c1CN(C(=O)OC(C)(C)C)C2. The summed E-state index contributed by atoms with van der Waals surface area (Å²) in [6.45, 7) is 10.1. The summed E-state index contributed by atoms with van der Waals surface area (Å²) in [6, 6.07) is 0. The Morgan fingerprint density at radius 2 is 2.08 bits per heavy atom. The molecule has 140 valence electrons. The Kier molecular flexibility index (Phi) is 6.02. The number of ether oxygens (including phenoxy) is 2. The van der Waals surface area contributed by atoms with Crippen LogP contribution in [-0.4, -0.2) is 39.5 Å². The summed E-state index contributed by atoms with van der Waals surface area (Å²) in [4.78, 5) is 25.2. The van der Waals surface area contributed by atoms with Crippen molar-refractivity contribution < 1.29 is 19.1 Å². The summed E-state index contributed by atoms with van der Waals surface area (Å²) in [5.41, 5.74) is 2.08. The standard InChI is InChI=1S/C19H25N3O4/c1-6-8-15(9-7-10-17(23)25-5)22-16-13-21(12-14(16)11-20-22)18(24)26-19(2,3)4/h6-9,11H,1,10,12-13H2,2-5H3/b9-7-,15-8+. The van der Waals surface area contributed by atoms with Crippen LogP contribution in [0.1, 0.15) is 38.4 Å². The van der Waals surface area contributed by atoms with Crippen molar-refractivity contribution in [3.05, 3.63) is 48.3 Å². The first-order chi connectivity index (χ1) is 12.2. The maximum atomic E-state index is 12.3. The number of nitrogens with zero attached hydrogens (tertiary/aromatic N) is 3.